The molecule has 0 aromatic carbocycles. The summed E-state index contributed by atoms with van der Waals surface area (Å²) in [5.74, 6) is -0.992. The average Bonchev–Trinajstić information content (AvgIpc) is 2.29. The third kappa shape index (κ3) is 1.94. The van der Waals surface area contributed by atoms with Crippen molar-refractivity contribution >= 4 is 21.9 Å². The minimum absolute atomic E-state index is 0.197. The molecule has 0 atom stereocenters. The number of nitrogens with zero attached hydrogens (tertiary/aromatic N) is 2. The first-order chi connectivity index (χ1) is 7.70. The highest BCUT2D eigenvalue weighted by Gasteiger charge is 2.15. The van der Waals surface area contributed by atoms with Crippen LogP contribution in [0.1, 0.15) is 10.4 Å². The Bertz CT molecular complexity index is 529. The van der Waals surface area contributed by atoms with Crippen LogP contribution in [-0.2, 0) is 0 Å². The Morgan fingerprint density at radius 3 is 2.69 bits per heavy atom. The van der Waals surface area contributed by atoms with Crippen LogP contribution in [0.15, 0.2) is 41.4 Å². The van der Waals surface area contributed by atoms with Gasteiger partial charge in [-0.05, 0) is 22.0 Å². The molecule has 80 valence electrons. The maximum absolute atomic E-state index is 11.1. The Morgan fingerprint density at radius 1 is 1.25 bits per heavy atom. The molecule has 0 amide bonds. The van der Waals surface area contributed by atoms with Crippen molar-refractivity contribution in [3.05, 3.63) is 47.0 Å². The van der Waals surface area contributed by atoms with E-state index < -0.39 is 5.97 Å². The Labute approximate surface area is 100 Å². The van der Waals surface area contributed by atoms with E-state index in [2.05, 4.69) is 25.9 Å². The lowest BCUT2D eigenvalue weighted by Gasteiger charge is -2.06. The number of aromatic carboxylic acids is 1. The Kier molecular flexibility index (Phi) is 2.96. The molecule has 0 aliphatic carbocycles. The van der Waals surface area contributed by atoms with Gasteiger partial charge in [0, 0.05) is 35.9 Å². The molecular weight excluding hydrogens is 272 g/mol. The van der Waals surface area contributed by atoms with Gasteiger partial charge in [-0.1, -0.05) is 6.07 Å². The Morgan fingerprint density at radius 2 is 2.06 bits per heavy atom. The number of carboxylic acid groups (broad SMARTS) is 1. The van der Waals surface area contributed by atoms with Crippen molar-refractivity contribution < 1.29 is 9.90 Å². The van der Waals surface area contributed by atoms with Crippen LogP contribution in [0.2, 0.25) is 0 Å². The average molecular weight is 279 g/mol. The fraction of sp³-hybridized carbons (Fsp3) is 0. The zero-order chi connectivity index (χ0) is 11.5. The molecule has 0 unspecified atom stereocenters. The van der Waals surface area contributed by atoms with Gasteiger partial charge in [0.15, 0.2) is 0 Å². The highest BCUT2D eigenvalue weighted by Crippen LogP contribution is 2.27. The van der Waals surface area contributed by atoms with Crippen molar-refractivity contribution in [1.29, 1.82) is 0 Å². The smallest absolute Gasteiger partial charge is 0.337 e. The zero-order valence-electron chi connectivity index (χ0n) is 8.09. The van der Waals surface area contributed by atoms with Gasteiger partial charge in [-0.25, -0.2) is 4.79 Å². The van der Waals surface area contributed by atoms with E-state index in [1.54, 1.807) is 24.5 Å². The maximum atomic E-state index is 11.1. The molecule has 2 aromatic heterocycles. The lowest BCUT2D eigenvalue weighted by molar-refractivity contribution is 0.0696. The molecule has 4 nitrogen and oxygen atoms in total. The van der Waals surface area contributed by atoms with Gasteiger partial charge in [-0.15, -0.1) is 0 Å². The quantitative estimate of drug-likeness (QED) is 0.917. The van der Waals surface area contributed by atoms with Crippen molar-refractivity contribution in [1.82, 2.24) is 9.97 Å². The molecule has 0 bridgehead atoms. The highest BCUT2D eigenvalue weighted by molar-refractivity contribution is 9.10. The fourth-order valence-electron chi connectivity index (χ4n) is 1.39. The molecular formula is C11H7BrN2O2. The number of aromatic nitrogens is 2. The second-order valence-electron chi connectivity index (χ2n) is 3.09. The lowest BCUT2D eigenvalue weighted by atomic mass is 10.0. The largest absolute Gasteiger partial charge is 0.478 e. The molecule has 2 heterocycles. The standard InChI is InChI=1S/C11H7BrN2O2/c12-9-6-14-5-8(10(9)11(15)16)7-2-1-3-13-4-7/h1-6H,(H,15,16). The summed E-state index contributed by atoms with van der Waals surface area (Å²) in [4.78, 5) is 19.1. The van der Waals surface area contributed by atoms with Crippen LogP contribution in [0.4, 0.5) is 0 Å². The first-order valence-electron chi connectivity index (χ1n) is 4.47. The molecule has 0 spiro atoms. The minimum atomic E-state index is -0.992. The van der Waals surface area contributed by atoms with Crippen molar-refractivity contribution in [2.75, 3.05) is 0 Å². The summed E-state index contributed by atoms with van der Waals surface area (Å²) >= 11 is 3.18. The van der Waals surface area contributed by atoms with E-state index in [0.29, 0.717) is 10.0 Å². The van der Waals surface area contributed by atoms with E-state index in [-0.39, 0.29) is 5.56 Å². The van der Waals surface area contributed by atoms with E-state index in [1.165, 1.54) is 12.4 Å². The Hall–Kier alpha value is -1.75. The van der Waals surface area contributed by atoms with Crippen LogP contribution >= 0.6 is 15.9 Å². The highest BCUT2D eigenvalue weighted by atomic mass is 79.9. The summed E-state index contributed by atoms with van der Waals surface area (Å²) in [7, 11) is 0. The number of rotatable bonds is 2. The summed E-state index contributed by atoms with van der Waals surface area (Å²) in [6.07, 6.45) is 6.22. The molecule has 2 rings (SSSR count). The van der Waals surface area contributed by atoms with E-state index in [1.807, 2.05) is 0 Å². The predicted molar refractivity (Wildman–Crippen MR) is 62.1 cm³/mol. The van der Waals surface area contributed by atoms with Crippen molar-refractivity contribution in [3.63, 3.8) is 0 Å². The normalized spacial score (nSPS) is 10.1. The molecule has 2 aromatic rings. The molecule has 0 radical (unpaired) electrons. The summed E-state index contributed by atoms with van der Waals surface area (Å²) in [5.41, 5.74) is 1.48. The molecule has 0 saturated carbocycles. The first-order valence-corrected chi connectivity index (χ1v) is 5.26. The van der Waals surface area contributed by atoms with E-state index in [9.17, 15) is 4.79 Å². The molecule has 0 fully saturated rings. The van der Waals surface area contributed by atoms with Crippen LogP contribution in [0.3, 0.4) is 0 Å². The topological polar surface area (TPSA) is 63.1 Å². The van der Waals surface area contributed by atoms with Gasteiger partial charge < -0.3 is 5.11 Å². The van der Waals surface area contributed by atoms with Gasteiger partial charge in [0.25, 0.3) is 0 Å². The third-order valence-corrected chi connectivity index (χ3v) is 2.69. The van der Waals surface area contributed by atoms with Gasteiger partial charge in [0.05, 0.1) is 10.0 Å². The monoisotopic (exact) mass is 278 g/mol. The molecule has 0 aliphatic rings. The summed E-state index contributed by atoms with van der Waals surface area (Å²) < 4.78 is 0.460. The van der Waals surface area contributed by atoms with Gasteiger partial charge in [-0.2, -0.15) is 0 Å². The van der Waals surface area contributed by atoms with Crippen molar-refractivity contribution in [2.45, 2.75) is 0 Å². The van der Waals surface area contributed by atoms with Crippen molar-refractivity contribution in [2.24, 2.45) is 0 Å². The van der Waals surface area contributed by atoms with Crippen LogP contribution in [0.25, 0.3) is 11.1 Å². The number of hydrogen-bond acceptors (Lipinski definition) is 3. The number of carboxylic acids is 1. The van der Waals surface area contributed by atoms with Crippen LogP contribution in [0.5, 0.6) is 0 Å². The maximum Gasteiger partial charge on any atom is 0.337 e. The first kappa shape index (κ1) is 10.8. The summed E-state index contributed by atoms with van der Waals surface area (Å²) in [6, 6.07) is 3.55. The lowest BCUT2D eigenvalue weighted by Crippen LogP contribution is -2.01. The van der Waals surface area contributed by atoms with Crippen LogP contribution < -0.4 is 0 Å². The summed E-state index contributed by atoms with van der Waals surface area (Å²) in [6.45, 7) is 0. The number of pyridine rings is 2. The molecule has 0 aliphatic heterocycles. The zero-order valence-corrected chi connectivity index (χ0v) is 9.68. The fourth-order valence-corrected chi connectivity index (χ4v) is 1.89. The predicted octanol–water partition coefficient (Wildman–Crippen LogP) is 2.60. The SMILES string of the molecule is O=C(O)c1c(Br)cncc1-c1cccnc1. The second kappa shape index (κ2) is 4.40. The van der Waals surface area contributed by atoms with Gasteiger partial charge in [-0.3, -0.25) is 9.97 Å². The number of carbonyl (C=O) groups is 1. The van der Waals surface area contributed by atoms with Crippen LogP contribution in [0, 0.1) is 0 Å². The molecule has 0 saturated heterocycles. The Balaban J connectivity index is 2.66. The van der Waals surface area contributed by atoms with Gasteiger partial charge in [0.2, 0.25) is 0 Å². The van der Waals surface area contributed by atoms with Gasteiger partial charge in [0.1, 0.15) is 0 Å². The number of hydrogen-bond donors (Lipinski definition) is 1. The van der Waals surface area contributed by atoms with E-state index >= 15 is 0 Å². The van der Waals surface area contributed by atoms with Crippen molar-refractivity contribution in [3.8, 4) is 11.1 Å². The molecule has 5 heteroatoms. The summed E-state index contributed by atoms with van der Waals surface area (Å²) in [5, 5.41) is 9.13. The van der Waals surface area contributed by atoms with Crippen LogP contribution in [-0.4, -0.2) is 21.0 Å². The van der Waals surface area contributed by atoms with Gasteiger partial charge >= 0.3 is 5.97 Å². The minimum Gasteiger partial charge on any atom is -0.478 e. The third-order valence-electron chi connectivity index (χ3n) is 2.09. The molecule has 1 N–H and O–H groups in total. The second-order valence-corrected chi connectivity index (χ2v) is 3.95. The number of halogens is 1. The van der Waals surface area contributed by atoms with E-state index in [4.69, 9.17) is 5.11 Å². The van der Waals surface area contributed by atoms with E-state index in [0.717, 1.165) is 5.56 Å². The molecule has 16 heavy (non-hydrogen) atoms.